The van der Waals surface area contributed by atoms with Gasteiger partial charge in [-0.2, -0.15) is 9.97 Å². The molecule has 4 aromatic rings. The molecular weight excluding hydrogens is 522 g/mol. The van der Waals surface area contributed by atoms with Crippen molar-refractivity contribution in [3.05, 3.63) is 40.5 Å². The smallest absolute Gasteiger partial charge is 0.245 e. The summed E-state index contributed by atoms with van der Waals surface area (Å²) in [5, 5.41) is 9.76. The van der Waals surface area contributed by atoms with Crippen molar-refractivity contribution in [2.24, 2.45) is 0 Å². The monoisotopic (exact) mass is 547 g/mol. The molecule has 0 aliphatic carbocycles. The van der Waals surface area contributed by atoms with Gasteiger partial charge in [-0.3, -0.25) is 4.72 Å². The quantitative estimate of drug-likeness (QED) is 0.307. The van der Waals surface area contributed by atoms with Crippen LogP contribution in [0, 0.1) is 13.8 Å². The van der Waals surface area contributed by atoms with E-state index in [1.807, 2.05) is 13.8 Å². The average Bonchev–Trinajstić information content (AvgIpc) is 3.50. The fourth-order valence-corrected chi connectivity index (χ4v) is 5.19. The third-order valence-corrected chi connectivity index (χ3v) is 7.80. The number of hydrogen-bond acceptors (Lipinski definition) is 13. The Morgan fingerprint density at radius 1 is 1.00 bits per heavy atom. The van der Waals surface area contributed by atoms with Crippen LogP contribution in [0.4, 0.5) is 5.95 Å². The Balaban J connectivity index is 1.82. The fourth-order valence-electron chi connectivity index (χ4n) is 3.47. The molecule has 0 spiro atoms. The molecule has 2 atom stereocenters. The predicted molar refractivity (Wildman–Crippen MR) is 134 cm³/mol. The molecule has 4 aromatic heterocycles. The molecule has 16 heteroatoms. The summed E-state index contributed by atoms with van der Waals surface area (Å²) in [6.45, 7) is 5.15. The minimum absolute atomic E-state index is 0.108. The summed E-state index contributed by atoms with van der Waals surface area (Å²) in [4.78, 5) is 21.2. The van der Waals surface area contributed by atoms with Crippen molar-refractivity contribution in [2.45, 2.75) is 32.1 Å². The molecule has 0 bridgehead atoms. The number of nitrogens with zero attached hydrogens (tertiary/aromatic N) is 8. The van der Waals surface area contributed by atoms with E-state index < -0.39 is 21.4 Å². The molecule has 0 aliphatic heterocycles. The SMILES string of the molecule is COc1ncnc(OC)c1-n1c(NS(=O)(=O)[C@@H](C)[C@H](OC)c2ncc(C)cn2)nnc1-c1csc(C)n1. The summed E-state index contributed by atoms with van der Waals surface area (Å²) in [6, 6.07) is 0. The van der Waals surface area contributed by atoms with Crippen molar-refractivity contribution in [3.8, 4) is 29.0 Å². The number of nitrogens with one attached hydrogen (secondary N) is 1. The first-order chi connectivity index (χ1) is 17.7. The van der Waals surface area contributed by atoms with Crippen LogP contribution in [-0.2, 0) is 14.8 Å². The van der Waals surface area contributed by atoms with Gasteiger partial charge in [0.05, 0.1) is 19.2 Å². The topological polar surface area (TPSA) is 169 Å². The van der Waals surface area contributed by atoms with Crippen LogP contribution in [0.2, 0.25) is 0 Å². The number of thiazole rings is 1. The lowest BCUT2D eigenvalue weighted by molar-refractivity contribution is 0.0949. The fraction of sp³-hybridized carbons (Fsp3) is 0.381. The zero-order chi connectivity index (χ0) is 26.7. The van der Waals surface area contributed by atoms with Crippen molar-refractivity contribution in [1.29, 1.82) is 0 Å². The Labute approximate surface area is 217 Å². The van der Waals surface area contributed by atoms with Crippen molar-refractivity contribution >= 4 is 27.3 Å². The van der Waals surface area contributed by atoms with Gasteiger partial charge < -0.3 is 14.2 Å². The second-order valence-electron chi connectivity index (χ2n) is 7.80. The predicted octanol–water partition coefficient (Wildman–Crippen LogP) is 2.12. The van der Waals surface area contributed by atoms with Crippen molar-refractivity contribution < 1.29 is 22.6 Å². The Bertz CT molecular complexity index is 1470. The number of hydrogen-bond donors (Lipinski definition) is 1. The number of aromatic nitrogens is 8. The Morgan fingerprint density at radius 2 is 1.65 bits per heavy atom. The van der Waals surface area contributed by atoms with Crippen molar-refractivity contribution in [3.63, 3.8) is 0 Å². The van der Waals surface area contributed by atoms with E-state index in [0.29, 0.717) is 5.69 Å². The van der Waals surface area contributed by atoms with Gasteiger partial charge in [0.15, 0.2) is 17.3 Å². The lowest BCUT2D eigenvalue weighted by Crippen LogP contribution is -2.33. The number of ether oxygens (including phenoxy) is 3. The zero-order valence-electron chi connectivity index (χ0n) is 20.9. The van der Waals surface area contributed by atoms with Crippen molar-refractivity contribution in [1.82, 2.24) is 39.7 Å². The molecule has 0 saturated carbocycles. The van der Waals surface area contributed by atoms with E-state index in [1.165, 1.54) is 50.5 Å². The van der Waals surface area contributed by atoms with Gasteiger partial charge in [-0.25, -0.2) is 27.9 Å². The van der Waals surface area contributed by atoms with E-state index in [4.69, 9.17) is 14.2 Å². The Morgan fingerprint density at radius 3 is 2.19 bits per heavy atom. The van der Waals surface area contributed by atoms with Gasteiger partial charge >= 0.3 is 0 Å². The normalized spacial score (nSPS) is 13.2. The molecule has 0 aliphatic rings. The van der Waals surface area contributed by atoms with Crippen LogP contribution >= 0.6 is 11.3 Å². The molecule has 1 N–H and O–H groups in total. The Kier molecular flexibility index (Phi) is 7.60. The van der Waals surface area contributed by atoms with Gasteiger partial charge in [-0.15, -0.1) is 21.5 Å². The maximum absolute atomic E-state index is 13.5. The lowest BCUT2D eigenvalue weighted by Gasteiger charge is -2.22. The first-order valence-corrected chi connectivity index (χ1v) is 13.3. The van der Waals surface area contributed by atoms with Crippen LogP contribution in [0.15, 0.2) is 24.1 Å². The van der Waals surface area contributed by atoms with Crippen LogP contribution in [0.25, 0.3) is 17.2 Å². The third-order valence-electron chi connectivity index (χ3n) is 5.34. The maximum atomic E-state index is 13.5. The minimum Gasteiger partial charge on any atom is -0.479 e. The molecule has 0 saturated heterocycles. The van der Waals surface area contributed by atoms with E-state index in [1.54, 1.807) is 17.8 Å². The van der Waals surface area contributed by atoms with Crippen molar-refractivity contribution in [2.75, 3.05) is 26.1 Å². The number of anilines is 1. The average molecular weight is 548 g/mol. The van der Waals surface area contributed by atoms with Crippen LogP contribution < -0.4 is 14.2 Å². The van der Waals surface area contributed by atoms with E-state index >= 15 is 0 Å². The highest BCUT2D eigenvalue weighted by atomic mass is 32.2. The van der Waals surface area contributed by atoms with E-state index in [2.05, 4.69) is 39.8 Å². The number of sulfonamides is 1. The highest BCUT2D eigenvalue weighted by molar-refractivity contribution is 7.93. The summed E-state index contributed by atoms with van der Waals surface area (Å²) in [7, 11) is 0.0875. The highest BCUT2D eigenvalue weighted by Gasteiger charge is 2.35. The summed E-state index contributed by atoms with van der Waals surface area (Å²) >= 11 is 1.40. The summed E-state index contributed by atoms with van der Waals surface area (Å²) in [5.41, 5.74) is 1.48. The molecule has 14 nitrogen and oxygen atoms in total. The first kappa shape index (κ1) is 26.3. The van der Waals surface area contributed by atoms with Gasteiger partial charge in [-0.1, -0.05) is 0 Å². The molecule has 0 aromatic carbocycles. The molecule has 4 heterocycles. The second-order valence-corrected chi connectivity index (χ2v) is 10.9. The molecule has 0 unspecified atom stereocenters. The second kappa shape index (κ2) is 10.7. The van der Waals surface area contributed by atoms with Crippen LogP contribution in [0.1, 0.15) is 29.4 Å². The summed E-state index contributed by atoms with van der Waals surface area (Å²) in [5.74, 6) is 0.517. The first-order valence-electron chi connectivity index (χ1n) is 10.8. The molecule has 196 valence electrons. The zero-order valence-corrected chi connectivity index (χ0v) is 22.5. The minimum atomic E-state index is -4.13. The molecule has 4 rings (SSSR count). The lowest BCUT2D eigenvalue weighted by atomic mass is 10.2. The summed E-state index contributed by atoms with van der Waals surface area (Å²) < 4.78 is 47.3. The summed E-state index contributed by atoms with van der Waals surface area (Å²) in [6.07, 6.45) is 3.48. The van der Waals surface area contributed by atoms with Gasteiger partial charge in [0.2, 0.25) is 27.7 Å². The molecule has 0 amide bonds. The number of methoxy groups -OCH3 is 3. The Hall–Kier alpha value is -3.76. The van der Waals surface area contributed by atoms with E-state index in [0.717, 1.165) is 10.6 Å². The van der Waals surface area contributed by atoms with Crippen LogP contribution in [-0.4, -0.2) is 74.7 Å². The molecular formula is C21H25N9O5S2. The molecule has 0 fully saturated rings. The standard InChI is InChI=1S/C21H25N9O5S2/c1-11-7-22-17(23-8-11)16(33-4)12(2)37(31,32)29-21-28-27-18(14-9-36-13(3)26-14)30(21)15-19(34-5)24-10-25-20(15)35-6/h7-10,12,16H,1-6H3,(H,28,29)/t12-,16-/m0/s1. The van der Waals surface area contributed by atoms with Crippen LogP contribution in [0.5, 0.6) is 11.8 Å². The largest absolute Gasteiger partial charge is 0.479 e. The molecule has 37 heavy (non-hydrogen) atoms. The van der Waals surface area contributed by atoms with Gasteiger partial charge in [0.1, 0.15) is 23.4 Å². The maximum Gasteiger partial charge on any atom is 0.245 e. The van der Waals surface area contributed by atoms with Gasteiger partial charge in [0.25, 0.3) is 0 Å². The van der Waals surface area contributed by atoms with Gasteiger partial charge in [-0.05, 0) is 26.3 Å². The third kappa shape index (κ3) is 5.21. The molecule has 0 radical (unpaired) electrons. The number of rotatable bonds is 10. The van der Waals surface area contributed by atoms with Gasteiger partial charge in [0, 0.05) is 24.9 Å². The number of aryl methyl sites for hydroxylation is 2. The van der Waals surface area contributed by atoms with E-state index in [-0.39, 0.29) is 35.0 Å². The van der Waals surface area contributed by atoms with E-state index in [9.17, 15) is 8.42 Å². The highest BCUT2D eigenvalue weighted by Crippen LogP contribution is 2.36. The van der Waals surface area contributed by atoms with Crippen LogP contribution in [0.3, 0.4) is 0 Å².